The van der Waals surface area contributed by atoms with E-state index >= 15 is 0 Å². The van der Waals surface area contributed by atoms with E-state index in [1.165, 1.54) is 23.1 Å². The molecule has 1 unspecified atom stereocenters. The molecule has 1 atom stereocenters. The summed E-state index contributed by atoms with van der Waals surface area (Å²) in [6.07, 6.45) is 1.21. The standard InChI is InChI=1S/C29H36FN3O5/c1-6-20(2)33(29(35)31-24-9-7-8-23(30)17-24)19-28(34)32(18-25-12-10-21(3)38-25)15-14-22-11-13-26(36-4)27(16-22)37-5/h7-13,16-17,20H,6,14-15,18-19H2,1-5H3,(H,31,35). The number of nitrogens with one attached hydrogen (secondary N) is 1. The highest BCUT2D eigenvalue weighted by atomic mass is 19.1. The third kappa shape index (κ3) is 7.74. The first-order valence-electron chi connectivity index (χ1n) is 12.6. The van der Waals surface area contributed by atoms with Gasteiger partial charge in [-0.2, -0.15) is 0 Å². The lowest BCUT2D eigenvalue weighted by molar-refractivity contribution is -0.133. The first kappa shape index (κ1) is 28.6. The van der Waals surface area contributed by atoms with E-state index < -0.39 is 11.8 Å². The van der Waals surface area contributed by atoms with Crippen molar-refractivity contribution in [1.82, 2.24) is 9.80 Å². The van der Waals surface area contributed by atoms with Crippen LogP contribution in [0.3, 0.4) is 0 Å². The fraction of sp³-hybridized carbons (Fsp3) is 0.379. The minimum atomic E-state index is -0.466. The zero-order valence-corrected chi connectivity index (χ0v) is 22.6. The first-order valence-corrected chi connectivity index (χ1v) is 12.6. The maximum atomic E-state index is 13.6. The molecule has 8 nitrogen and oxygen atoms in total. The molecule has 1 aromatic heterocycles. The Balaban J connectivity index is 1.78. The summed E-state index contributed by atoms with van der Waals surface area (Å²) in [7, 11) is 3.16. The zero-order valence-electron chi connectivity index (χ0n) is 22.6. The normalized spacial score (nSPS) is 11.5. The average Bonchev–Trinajstić information content (AvgIpc) is 3.33. The molecular formula is C29H36FN3O5. The summed E-state index contributed by atoms with van der Waals surface area (Å²) in [4.78, 5) is 29.9. The second kappa shape index (κ2) is 13.5. The van der Waals surface area contributed by atoms with Gasteiger partial charge in [-0.15, -0.1) is 0 Å². The first-order chi connectivity index (χ1) is 18.2. The number of hydrogen-bond donors (Lipinski definition) is 1. The smallest absolute Gasteiger partial charge is 0.322 e. The number of anilines is 1. The Morgan fingerprint density at radius 1 is 1.05 bits per heavy atom. The number of halogens is 1. The fourth-order valence-electron chi connectivity index (χ4n) is 4.01. The van der Waals surface area contributed by atoms with Gasteiger partial charge < -0.3 is 29.0 Å². The van der Waals surface area contributed by atoms with Crippen LogP contribution in [0.1, 0.15) is 37.4 Å². The summed E-state index contributed by atoms with van der Waals surface area (Å²) in [6.45, 7) is 6.19. The highest BCUT2D eigenvalue weighted by Crippen LogP contribution is 2.28. The van der Waals surface area contributed by atoms with Gasteiger partial charge in [0.05, 0.1) is 20.8 Å². The summed E-state index contributed by atoms with van der Waals surface area (Å²) in [5.41, 5.74) is 1.30. The predicted molar refractivity (Wildman–Crippen MR) is 144 cm³/mol. The highest BCUT2D eigenvalue weighted by molar-refractivity contribution is 5.92. The molecule has 3 aromatic rings. The van der Waals surface area contributed by atoms with Crippen molar-refractivity contribution >= 4 is 17.6 Å². The molecule has 0 saturated heterocycles. The Morgan fingerprint density at radius 2 is 1.82 bits per heavy atom. The Labute approximate surface area is 223 Å². The number of nitrogens with zero attached hydrogens (tertiary/aromatic N) is 2. The molecule has 2 aromatic carbocycles. The van der Waals surface area contributed by atoms with Crippen molar-refractivity contribution in [3.63, 3.8) is 0 Å². The van der Waals surface area contributed by atoms with E-state index in [0.29, 0.717) is 42.3 Å². The second-order valence-electron chi connectivity index (χ2n) is 9.09. The van der Waals surface area contributed by atoms with Crippen LogP contribution in [-0.2, 0) is 17.8 Å². The summed E-state index contributed by atoms with van der Waals surface area (Å²) < 4.78 is 30.1. The lowest BCUT2D eigenvalue weighted by atomic mass is 10.1. The van der Waals surface area contributed by atoms with Crippen LogP contribution in [0.15, 0.2) is 59.0 Å². The number of amides is 3. The van der Waals surface area contributed by atoms with Crippen LogP contribution >= 0.6 is 0 Å². The Hall–Kier alpha value is -4.01. The third-order valence-electron chi connectivity index (χ3n) is 6.38. The quantitative estimate of drug-likeness (QED) is 0.330. The van der Waals surface area contributed by atoms with Crippen LogP contribution in [0.2, 0.25) is 0 Å². The van der Waals surface area contributed by atoms with Crippen molar-refractivity contribution in [3.8, 4) is 11.5 Å². The molecule has 0 aliphatic carbocycles. The van der Waals surface area contributed by atoms with Gasteiger partial charge in [0.15, 0.2) is 11.5 Å². The Kier molecular flexibility index (Phi) is 10.2. The lowest BCUT2D eigenvalue weighted by Crippen LogP contribution is -2.48. The van der Waals surface area contributed by atoms with Crippen molar-refractivity contribution in [2.45, 2.75) is 46.2 Å². The van der Waals surface area contributed by atoms with Gasteiger partial charge >= 0.3 is 6.03 Å². The SMILES string of the molecule is CCC(C)N(CC(=O)N(CCc1ccc(OC)c(OC)c1)Cc1ccc(C)o1)C(=O)Nc1cccc(F)c1. The van der Waals surface area contributed by atoms with Gasteiger partial charge in [0, 0.05) is 18.3 Å². The van der Waals surface area contributed by atoms with Crippen LogP contribution in [0, 0.1) is 12.7 Å². The molecule has 0 fully saturated rings. The van der Waals surface area contributed by atoms with Gasteiger partial charge in [-0.1, -0.05) is 19.1 Å². The van der Waals surface area contributed by atoms with Crippen LogP contribution in [0.5, 0.6) is 11.5 Å². The van der Waals surface area contributed by atoms with E-state index in [9.17, 15) is 14.0 Å². The van der Waals surface area contributed by atoms with Gasteiger partial charge in [0.2, 0.25) is 5.91 Å². The molecule has 0 aliphatic heterocycles. The highest BCUT2D eigenvalue weighted by Gasteiger charge is 2.26. The van der Waals surface area contributed by atoms with Crippen molar-refractivity contribution in [3.05, 3.63) is 77.5 Å². The molecule has 1 N–H and O–H groups in total. The molecule has 3 rings (SSSR count). The van der Waals surface area contributed by atoms with Crippen molar-refractivity contribution in [2.24, 2.45) is 0 Å². The van der Waals surface area contributed by atoms with E-state index in [0.717, 1.165) is 11.3 Å². The molecule has 9 heteroatoms. The monoisotopic (exact) mass is 525 g/mol. The topological polar surface area (TPSA) is 84.2 Å². The average molecular weight is 526 g/mol. The number of urea groups is 1. The van der Waals surface area contributed by atoms with Gasteiger partial charge in [0.25, 0.3) is 0 Å². The van der Waals surface area contributed by atoms with Gasteiger partial charge in [-0.05, 0) is 74.7 Å². The molecule has 0 radical (unpaired) electrons. The number of furan rings is 1. The molecular weight excluding hydrogens is 489 g/mol. The van der Waals surface area contributed by atoms with E-state index in [2.05, 4.69) is 5.32 Å². The molecule has 3 amide bonds. The number of methoxy groups -OCH3 is 2. The third-order valence-corrected chi connectivity index (χ3v) is 6.38. The summed E-state index contributed by atoms with van der Waals surface area (Å²) in [5, 5.41) is 2.71. The largest absolute Gasteiger partial charge is 0.493 e. The molecule has 38 heavy (non-hydrogen) atoms. The lowest BCUT2D eigenvalue weighted by Gasteiger charge is -2.31. The van der Waals surface area contributed by atoms with Crippen molar-refractivity contribution in [1.29, 1.82) is 0 Å². The van der Waals surface area contributed by atoms with Crippen LogP contribution < -0.4 is 14.8 Å². The molecule has 0 spiro atoms. The Bertz CT molecular complexity index is 1230. The minimum Gasteiger partial charge on any atom is -0.493 e. The molecule has 204 valence electrons. The molecule has 0 bridgehead atoms. The molecule has 0 saturated carbocycles. The van der Waals surface area contributed by atoms with E-state index in [-0.39, 0.29) is 25.0 Å². The summed E-state index contributed by atoms with van der Waals surface area (Å²) >= 11 is 0. The van der Waals surface area contributed by atoms with Crippen LogP contribution in [0.4, 0.5) is 14.9 Å². The fourth-order valence-corrected chi connectivity index (χ4v) is 4.01. The maximum Gasteiger partial charge on any atom is 0.322 e. The predicted octanol–water partition coefficient (Wildman–Crippen LogP) is 5.65. The number of ether oxygens (including phenoxy) is 2. The summed E-state index contributed by atoms with van der Waals surface area (Å²) in [6, 6.07) is 14.3. The van der Waals surface area contributed by atoms with Gasteiger partial charge in [0.1, 0.15) is 23.9 Å². The summed E-state index contributed by atoms with van der Waals surface area (Å²) in [5.74, 6) is 1.97. The molecule has 1 heterocycles. The second-order valence-corrected chi connectivity index (χ2v) is 9.09. The van der Waals surface area contributed by atoms with Gasteiger partial charge in [-0.25, -0.2) is 9.18 Å². The van der Waals surface area contributed by atoms with E-state index in [1.54, 1.807) is 25.2 Å². The number of rotatable bonds is 12. The minimum absolute atomic E-state index is 0.137. The van der Waals surface area contributed by atoms with E-state index in [1.807, 2.05) is 51.1 Å². The number of carbonyl (C=O) groups excluding carboxylic acids is 2. The van der Waals surface area contributed by atoms with Crippen molar-refractivity contribution in [2.75, 3.05) is 32.6 Å². The van der Waals surface area contributed by atoms with Crippen molar-refractivity contribution < 1.29 is 27.9 Å². The molecule has 0 aliphatic rings. The number of hydrogen-bond acceptors (Lipinski definition) is 5. The number of benzene rings is 2. The van der Waals surface area contributed by atoms with Crippen LogP contribution in [0.25, 0.3) is 0 Å². The van der Waals surface area contributed by atoms with Crippen LogP contribution in [-0.4, -0.2) is 55.1 Å². The van der Waals surface area contributed by atoms with E-state index in [4.69, 9.17) is 13.9 Å². The number of carbonyl (C=O) groups is 2. The Morgan fingerprint density at radius 3 is 2.45 bits per heavy atom. The number of aryl methyl sites for hydroxylation is 1. The van der Waals surface area contributed by atoms with Gasteiger partial charge in [-0.3, -0.25) is 4.79 Å². The maximum absolute atomic E-state index is 13.6. The zero-order chi connectivity index (χ0) is 27.7.